The zero-order valence-corrected chi connectivity index (χ0v) is 11.1. The smallest absolute Gasteiger partial charge is 0.325 e. The lowest BCUT2D eigenvalue weighted by atomic mass is 10.2. The lowest BCUT2D eigenvalue weighted by Crippen LogP contribution is -2.29. The molecule has 0 saturated carbocycles. The largest absolute Gasteiger partial charge is 0.495 e. The molecule has 0 saturated heterocycles. The fourth-order valence-electron chi connectivity index (χ4n) is 1.55. The summed E-state index contributed by atoms with van der Waals surface area (Å²) in [7, 11) is 1.44. The highest BCUT2D eigenvalue weighted by molar-refractivity contribution is 6.31. The van der Waals surface area contributed by atoms with E-state index in [-0.39, 0.29) is 5.56 Å². The molecule has 1 heterocycles. The highest BCUT2D eigenvalue weighted by Crippen LogP contribution is 2.27. The van der Waals surface area contributed by atoms with Gasteiger partial charge in [-0.15, -0.1) is 0 Å². The van der Waals surface area contributed by atoms with Crippen LogP contribution in [-0.4, -0.2) is 23.0 Å². The number of aromatic amines is 2. The van der Waals surface area contributed by atoms with Crippen molar-refractivity contribution < 1.29 is 9.53 Å². The fraction of sp³-hybridized carbons (Fsp3) is 0.0833. The monoisotopic (exact) mass is 295 g/mol. The molecular weight excluding hydrogens is 286 g/mol. The van der Waals surface area contributed by atoms with Crippen molar-refractivity contribution in [2.24, 2.45) is 0 Å². The van der Waals surface area contributed by atoms with E-state index in [1.807, 2.05) is 4.98 Å². The molecule has 8 heteroatoms. The van der Waals surface area contributed by atoms with Crippen LogP contribution in [-0.2, 0) is 0 Å². The van der Waals surface area contributed by atoms with Crippen LogP contribution in [0.1, 0.15) is 10.4 Å². The van der Waals surface area contributed by atoms with Crippen LogP contribution < -0.4 is 21.3 Å². The summed E-state index contributed by atoms with van der Waals surface area (Å²) < 4.78 is 5.07. The number of methoxy groups -OCH3 is 1. The second-order valence-corrected chi connectivity index (χ2v) is 4.22. The van der Waals surface area contributed by atoms with Gasteiger partial charge < -0.3 is 15.0 Å². The lowest BCUT2D eigenvalue weighted by Gasteiger charge is -2.10. The first-order valence-corrected chi connectivity index (χ1v) is 5.86. The van der Waals surface area contributed by atoms with Crippen molar-refractivity contribution in [1.82, 2.24) is 9.97 Å². The van der Waals surface area contributed by atoms with Crippen molar-refractivity contribution >= 4 is 23.2 Å². The first kappa shape index (κ1) is 13.9. The van der Waals surface area contributed by atoms with E-state index in [1.165, 1.54) is 13.2 Å². The van der Waals surface area contributed by atoms with Crippen molar-refractivity contribution in [2.75, 3.05) is 12.4 Å². The molecule has 0 fully saturated rings. The number of carbonyl (C=O) groups is 1. The minimum atomic E-state index is -0.785. The van der Waals surface area contributed by atoms with Gasteiger partial charge in [0.2, 0.25) is 0 Å². The predicted molar refractivity (Wildman–Crippen MR) is 73.6 cm³/mol. The number of nitrogens with one attached hydrogen (secondary N) is 3. The van der Waals surface area contributed by atoms with Crippen LogP contribution in [0.15, 0.2) is 34.0 Å². The average Bonchev–Trinajstić information content (AvgIpc) is 2.38. The molecule has 0 atom stereocenters. The Morgan fingerprint density at radius 1 is 1.35 bits per heavy atom. The van der Waals surface area contributed by atoms with Crippen LogP contribution in [0, 0.1) is 0 Å². The number of halogens is 1. The van der Waals surface area contributed by atoms with Gasteiger partial charge in [0, 0.05) is 11.2 Å². The fourth-order valence-corrected chi connectivity index (χ4v) is 1.72. The maximum absolute atomic E-state index is 12.0. The third-order valence-corrected chi connectivity index (χ3v) is 2.71. The Balaban J connectivity index is 2.34. The predicted octanol–water partition coefficient (Wildman–Crippen LogP) is 0.977. The number of aromatic nitrogens is 2. The summed E-state index contributed by atoms with van der Waals surface area (Å²) in [6, 6.07) is 4.66. The summed E-state index contributed by atoms with van der Waals surface area (Å²) >= 11 is 5.83. The van der Waals surface area contributed by atoms with Crippen molar-refractivity contribution in [3.05, 3.63) is 55.8 Å². The first-order chi connectivity index (χ1) is 9.51. The van der Waals surface area contributed by atoms with Crippen LogP contribution in [0.3, 0.4) is 0 Å². The molecule has 1 aromatic heterocycles. The number of rotatable bonds is 3. The molecule has 0 spiro atoms. The third kappa shape index (κ3) is 2.89. The van der Waals surface area contributed by atoms with Gasteiger partial charge in [-0.2, -0.15) is 0 Å². The number of hydrogen-bond acceptors (Lipinski definition) is 4. The van der Waals surface area contributed by atoms with E-state index in [0.29, 0.717) is 16.5 Å². The van der Waals surface area contributed by atoms with Gasteiger partial charge in [-0.05, 0) is 18.2 Å². The van der Waals surface area contributed by atoms with E-state index in [2.05, 4.69) is 10.3 Å². The minimum absolute atomic E-state index is 0.230. The Bertz CT molecular complexity index is 766. The molecule has 1 amide bonds. The van der Waals surface area contributed by atoms with Crippen molar-refractivity contribution in [3.8, 4) is 5.75 Å². The molecule has 0 radical (unpaired) electrons. The first-order valence-electron chi connectivity index (χ1n) is 5.48. The molecule has 0 unspecified atom stereocenters. The van der Waals surface area contributed by atoms with Gasteiger partial charge in [0.25, 0.3) is 11.5 Å². The van der Waals surface area contributed by atoms with Gasteiger partial charge in [-0.1, -0.05) is 11.6 Å². The Hall–Kier alpha value is -2.54. The topological polar surface area (TPSA) is 104 Å². The van der Waals surface area contributed by atoms with E-state index < -0.39 is 17.2 Å². The second kappa shape index (κ2) is 5.62. The molecule has 20 heavy (non-hydrogen) atoms. The third-order valence-electron chi connectivity index (χ3n) is 2.47. The van der Waals surface area contributed by atoms with Gasteiger partial charge in [-0.25, -0.2) is 4.79 Å². The van der Waals surface area contributed by atoms with Gasteiger partial charge in [0.1, 0.15) is 11.3 Å². The number of anilines is 1. The number of carbonyl (C=O) groups excluding carboxylic acids is 1. The molecule has 3 N–H and O–H groups in total. The van der Waals surface area contributed by atoms with Crippen LogP contribution in [0.2, 0.25) is 5.02 Å². The summed E-state index contributed by atoms with van der Waals surface area (Å²) in [5.41, 5.74) is -1.39. The standard InChI is InChI=1S/C12H10ClN3O4/c1-20-9-3-2-6(13)4-8(9)15-10(17)7-5-14-12(19)16-11(7)18/h2-5H,1H3,(H,15,17)(H2,14,16,18,19). The number of benzene rings is 1. The number of ether oxygens (including phenoxy) is 1. The summed E-state index contributed by atoms with van der Waals surface area (Å²) in [4.78, 5) is 38.5. The van der Waals surface area contributed by atoms with E-state index in [9.17, 15) is 14.4 Å². The van der Waals surface area contributed by atoms with Crippen LogP contribution in [0.5, 0.6) is 5.75 Å². The summed E-state index contributed by atoms with van der Waals surface area (Å²) in [5.74, 6) is -0.299. The summed E-state index contributed by atoms with van der Waals surface area (Å²) in [6.45, 7) is 0. The SMILES string of the molecule is COc1ccc(Cl)cc1NC(=O)c1c[nH]c(=O)[nH]c1=O. The van der Waals surface area contributed by atoms with Crippen LogP contribution in [0.25, 0.3) is 0 Å². The maximum atomic E-state index is 12.0. The second-order valence-electron chi connectivity index (χ2n) is 3.78. The number of amides is 1. The normalized spacial score (nSPS) is 10.1. The minimum Gasteiger partial charge on any atom is -0.495 e. The van der Waals surface area contributed by atoms with E-state index in [1.54, 1.807) is 12.1 Å². The van der Waals surface area contributed by atoms with Crippen molar-refractivity contribution in [2.45, 2.75) is 0 Å². The molecular formula is C12H10ClN3O4. The van der Waals surface area contributed by atoms with Gasteiger partial charge in [-0.3, -0.25) is 14.6 Å². The molecule has 0 bridgehead atoms. The molecule has 0 aliphatic heterocycles. The molecule has 104 valence electrons. The van der Waals surface area contributed by atoms with Crippen molar-refractivity contribution in [1.29, 1.82) is 0 Å². The molecule has 7 nitrogen and oxygen atoms in total. The summed E-state index contributed by atoms with van der Waals surface area (Å²) in [6.07, 6.45) is 1.04. The van der Waals surface area contributed by atoms with Gasteiger partial charge in [0.15, 0.2) is 0 Å². The van der Waals surface area contributed by atoms with Crippen LogP contribution >= 0.6 is 11.6 Å². The molecule has 2 aromatic rings. The lowest BCUT2D eigenvalue weighted by molar-refractivity contribution is 0.102. The maximum Gasteiger partial charge on any atom is 0.325 e. The van der Waals surface area contributed by atoms with Gasteiger partial charge in [0.05, 0.1) is 12.8 Å². The zero-order valence-electron chi connectivity index (χ0n) is 10.3. The number of H-pyrrole nitrogens is 2. The molecule has 0 aliphatic rings. The Morgan fingerprint density at radius 3 is 2.75 bits per heavy atom. The average molecular weight is 296 g/mol. The van der Waals surface area contributed by atoms with Crippen LogP contribution in [0.4, 0.5) is 5.69 Å². The van der Waals surface area contributed by atoms with E-state index in [4.69, 9.17) is 16.3 Å². The molecule has 2 rings (SSSR count). The quantitative estimate of drug-likeness (QED) is 0.785. The van der Waals surface area contributed by atoms with E-state index >= 15 is 0 Å². The van der Waals surface area contributed by atoms with E-state index in [0.717, 1.165) is 6.20 Å². The zero-order chi connectivity index (χ0) is 14.7. The molecule has 0 aliphatic carbocycles. The molecule has 1 aromatic carbocycles. The Labute approximate surface area is 117 Å². The highest BCUT2D eigenvalue weighted by atomic mass is 35.5. The van der Waals surface area contributed by atoms with Crippen molar-refractivity contribution in [3.63, 3.8) is 0 Å². The van der Waals surface area contributed by atoms with Gasteiger partial charge >= 0.3 is 5.69 Å². The Morgan fingerprint density at radius 2 is 2.10 bits per heavy atom. The summed E-state index contributed by atoms with van der Waals surface area (Å²) in [5, 5.41) is 2.89. The highest BCUT2D eigenvalue weighted by Gasteiger charge is 2.13. The number of hydrogen-bond donors (Lipinski definition) is 3. The Kier molecular flexibility index (Phi) is 3.90.